The smallest absolute Gasteiger partial charge is 0.0964 e. The second kappa shape index (κ2) is 5.16. The molecule has 3 rings (SSSR count). The van der Waals surface area contributed by atoms with Gasteiger partial charge in [-0.15, -0.1) is 5.10 Å². The summed E-state index contributed by atoms with van der Waals surface area (Å²) in [6, 6.07) is 10.3. The number of hydrogen-bond donors (Lipinski definition) is 1. The van der Waals surface area contributed by atoms with Crippen LogP contribution in [0.3, 0.4) is 0 Å². The van der Waals surface area contributed by atoms with Crippen molar-refractivity contribution in [3.05, 3.63) is 54.0 Å². The van der Waals surface area contributed by atoms with Crippen LogP contribution in [0.25, 0.3) is 10.9 Å². The summed E-state index contributed by atoms with van der Waals surface area (Å²) in [4.78, 5) is 4.44. The Labute approximate surface area is 111 Å². The Bertz CT molecular complexity index is 684. The lowest BCUT2D eigenvalue weighted by Crippen LogP contribution is -2.13. The van der Waals surface area contributed by atoms with E-state index in [1.807, 2.05) is 25.5 Å². The van der Waals surface area contributed by atoms with Gasteiger partial charge in [0.25, 0.3) is 0 Å². The summed E-state index contributed by atoms with van der Waals surface area (Å²) in [6.07, 6.45) is 3.74. The molecule has 1 aromatic carbocycles. The summed E-state index contributed by atoms with van der Waals surface area (Å²) in [6.45, 7) is 1.47. The minimum absolute atomic E-state index is 0.705. The zero-order valence-corrected chi connectivity index (χ0v) is 10.7. The number of pyridine rings is 1. The monoisotopic (exact) mass is 253 g/mol. The highest BCUT2D eigenvalue weighted by atomic mass is 15.4. The molecule has 2 aromatic heterocycles. The molecule has 0 aliphatic carbocycles. The Kier molecular flexibility index (Phi) is 3.20. The van der Waals surface area contributed by atoms with Gasteiger partial charge in [-0.25, -0.2) is 0 Å². The first-order chi connectivity index (χ1) is 9.33. The molecule has 0 bridgehead atoms. The third kappa shape index (κ3) is 2.61. The van der Waals surface area contributed by atoms with Crippen LogP contribution in [-0.2, 0) is 20.1 Å². The highest BCUT2D eigenvalue weighted by Crippen LogP contribution is 2.15. The van der Waals surface area contributed by atoms with Gasteiger partial charge in [-0.2, -0.15) is 0 Å². The SMILES string of the molecule is Cn1cc(CNCc2cccc3cccnc23)nn1. The molecule has 3 aromatic rings. The molecular formula is C14H15N5. The molecule has 0 fully saturated rings. The molecule has 1 N–H and O–H groups in total. The van der Waals surface area contributed by atoms with Crippen molar-refractivity contribution in [1.82, 2.24) is 25.3 Å². The van der Waals surface area contributed by atoms with E-state index in [1.54, 1.807) is 4.68 Å². The van der Waals surface area contributed by atoms with Crippen molar-refractivity contribution in [3.63, 3.8) is 0 Å². The van der Waals surface area contributed by atoms with E-state index in [2.05, 4.69) is 44.9 Å². The first-order valence-electron chi connectivity index (χ1n) is 6.21. The summed E-state index contributed by atoms with van der Waals surface area (Å²) in [5.41, 5.74) is 3.19. The van der Waals surface area contributed by atoms with E-state index in [9.17, 15) is 0 Å². The number of rotatable bonds is 4. The lowest BCUT2D eigenvalue weighted by Gasteiger charge is -2.06. The minimum Gasteiger partial charge on any atom is -0.307 e. The Balaban J connectivity index is 1.71. The summed E-state index contributed by atoms with van der Waals surface area (Å²) < 4.78 is 1.70. The number of aryl methyl sites for hydroxylation is 1. The number of fused-ring (bicyclic) bond motifs is 1. The zero-order chi connectivity index (χ0) is 13.1. The molecule has 0 unspecified atom stereocenters. The van der Waals surface area contributed by atoms with Gasteiger partial charge in [0.1, 0.15) is 0 Å². The van der Waals surface area contributed by atoms with E-state index in [0.29, 0.717) is 6.54 Å². The van der Waals surface area contributed by atoms with Crippen LogP contribution in [0.2, 0.25) is 0 Å². The maximum absolute atomic E-state index is 4.44. The fourth-order valence-corrected chi connectivity index (χ4v) is 2.11. The first kappa shape index (κ1) is 11.8. The molecule has 19 heavy (non-hydrogen) atoms. The van der Waals surface area contributed by atoms with Crippen molar-refractivity contribution >= 4 is 10.9 Å². The largest absolute Gasteiger partial charge is 0.307 e. The molecule has 0 saturated carbocycles. The van der Waals surface area contributed by atoms with E-state index in [-0.39, 0.29) is 0 Å². The van der Waals surface area contributed by atoms with E-state index >= 15 is 0 Å². The number of hydrogen-bond acceptors (Lipinski definition) is 4. The normalized spacial score (nSPS) is 11.0. The van der Waals surface area contributed by atoms with E-state index in [4.69, 9.17) is 0 Å². The van der Waals surface area contributed by atoms with Gasteiger partial charge in [-0.3, -0.25) is 9.67 Å². The van der Waals surface area contributed by atoms with Crippen molar-refractivity contribution in [3.8, 4) is 0 Å². The maximum Gasteiger partial charge on any atom is 0.0964 e. The highest BCUT2D eigenvalue weighted by molar-refractivity contribution is 5.81. The maximum atomic E-state index is 4.44. The van der Waals surface area contributed by atoms with Crippen LogP contribution in [0.5, 0.6) is 0 Å². The Morgan fingerprint density at radius 1 is 1.16 bits per heavy atom. The first-order valence-corrected chi connectivity index (χ1v) is 6.21. The van der Waals surface area contributed by atoms with Gasteiger partial charge in [0, 0.05) is 37.9 Å². The predicted molar refractivity (Wildman–Crippen MR) is 73.3 cm³/mol. The Hall–Kier alpha value is -2.27. The molecule has 0 aliphatic heterocycles. The van der Waals surface area contributed by atoms with Gasteiger partial charge < -0.3 is 5.32 Å². The number of nitrogens with one attached hydrogen (secondary N) is 1. The van der Waals surface area contributed by atoms with E-state index in [1.165, 1.54) is 10.9 Å². The van der Waals surface area contributed by atoms with Crippen molar-refractivity contribution < 1.29 is 0 Å². The van der Waals surface area contributed by atoms with Gasteiger partial charge in [-0.1, -0.05) is 29.5 Å². The Morgan fingerprint density at radius 2 is 2.05 bits per heavy atom. The van der Waals surface area contributed by atoms with Gasteiger partial charge in [0.15, 0.2) is 0 Å². The van der Waals surface area contributed by atoms with Crippen molar-refractivity contribution in [2.45, 2.75) is 13.1 Å². The van der Waals surface area contributed by atoms with E-state index in [0.717, 1.165) is 17.8 Å². The molecule has 96 valence electrons. The average Bonchev–Trinajstić information content (AvgIpc) is 2.85. The van der Waals surface area contributed by atoms with Crippen molar-refractivity contribution in [2.75, 3.05) is 0 Å². The fourth-order valence-electron chi connectivity index (χ4n) is 2.11. The lowest BCUT2D eigenvalue weighted by molar-refractivity contribution is 0.675. The third-order valence-corrected chi connectivity index (χ3v) is 2.99. The second-order valence-electron chi connectivity index (χ2n) is 4.48. The van der Waals surface area contributed by atoms with Crippen LogP contribution in [0, 0.1) is 0 Å². The van der Waals surface area contributed by atoms with Crippen molar-refractivity contribution in [1.29, 1.82) is 0 Å². The Morgan fingerprint density at radius 3 is 2.89 bits per heavy atom. The molecule has 5 heteroatoms. The number of benzene rings is 1. The van der Waals surface area contributed by atoms with Crippen LogP contribution < -0.4 is 5.32 Å². The summed E-state index contributed by atoms with van der Waals surface area (Å²) in [5, 5.41) is 12.5. The number of aromatic nitrogens is 4. The highest BCUT2D eigenvalue weighted by Gasteiger charge is 2.02. The lowest BCUT2D eigenvalue weighted by atomic mass is 10.1. The van der Waals surface area contributed by atoms with Gasteiger partial charge in [-0.05, 0) is 11.6 Å². The zero-order valence-electron chi connectivity index (χ0n) is 10.7. The minimum atomic E-state index is 0.705. The van der Waals surface area contributed by atoms with Gasteiger partial charge in [0.05, 0.1) is 11.2 Å². The van der Waals surface area contributed by atoms with Crippen LogP contribution in [0.4, 0.5) is 0 Å². The molecule has 0 radical (unpaired) electrons. The molecule has 0 spiro atoms. The molecule has 5 nitrogen and oxygen atoms in total. The van der Waals surface area contributed by atoms with Crippen LogP contribution in [-0.4, -0.2) is 20.0 Å². The third-order valence-electron chi connectivity index (χ3n) is 2.99. The molecular weight excluding hydrogens is 238 g/mol. The predicted octanol–water partition coefficient (Wildman–Crippen LogP) is 1.65. The van der Waals surface area contributed by atoms with E-state index < -0.39 is 0 Å². The molecule has 0 amide bonds. The molecule has 0 saturated heterocycles. The number of nitrogens with zero attached hydrogens (tertiary/aromatic N) is 4. The van der Waals surface area contributed by atoms with Gasteiger partial charge in [0.2, 0.25) is 0 Å². The molecule has 2 heterocycles. The summed E-state index contributed by atoms with van der Waals surface area (Å²) >= 11 is 0. The van der Waals surface area contributed by atoms with Crippen LogP contribution in [0.1, 0.15) is 11.3 Å². The van der Waals surface area contributed by atoms with Crippen molar-refractivity contribution in [2.24, 2.45) is 7.05 Å². The topological polar surface area (TPSA) is 55.6 Å². The summed E-state index contributed by atoms with van der Waals surface area (Å²) in [5.74, 6) is 0. The van der Waals surface area contributed by atoms with Crippen LogP contribution in [0.15, 0.2) is 42.7 Å². The van der Waals surface area contributed by atoms with Gasteiger partial charge >= 0.3 is 0 Å². The van der Waals surface area contributed by atoms with Crippen LogP contribution >= 0.6 is 0 Å². The number of para-hydroxylation sites is 1. The standard InChI is InChI=1S/C14H15N5/c1-19-10-13(17-18-19)9-15-8-12-5-2-4-11-6-3-7-16-14(11)12/h2-7,10,15H,8-9H2,1H3. The average molecular weight is 253 g/mol. The quantitative estimate of drug-likeness (QED) is 0.768. The molecule has 0 atom stereocenters. The summed E-state index contributed by atoms with van der Waals surface area (Å²) in [7, 11) is 1.87. The fraction of sp³-hybridized carbons (Fsp3) is 0.214. The molecule has 0 aliphatic rings. The second-order valence-corrected chi connectivity index (χ2v) is 4.48.